The molecule has 0 aliphatic heterocycles. The summed E-state index contributed by atoms with van der Waals surface area (Å²) in [5, 5.41) is 7.03. The van der Waals surface area contributed by atoms with Crippen molar-refractivity contribution in [2.75, 3.05) is 7.11 Å². The van der Waals surface area contributed by atoms with Gasteiger partial charge in [-0.25, -0.2) is 4.68 Å². The quantitative estimate of drug-likeness (QED) is 0.731. The van der Waals surface area contributed by atoms with Gasteiger partial charge in [-0.1, -0.05) is 42.5 Å². The van der Waals surface area contributed by atoms with Crippen molar-refractivity contribution < 1.29 is 9.53 Å². The van der Waals surface area contributed by atoms with E-state index in [4.69, 9.17) is 4.74 Å². The van der Waals surface area contributed by atoms with Gasteiger partial charge in [-0.2, -0.15) is 5.10 Å². The highest BCUT2D eigenvalue weighted by molar-refractivity contribution is 5.92. The van der Waals surface area contributed by atoms with E-state index in [1.165, 1.54) is 6.07 Å². The Hall–Kier alpha value is -3.25. The SMILES string of the molecule is COCc1ccc(CNC(=O)c2nn(-c3ccccc3)c(C)cc2=O)cc1. The molecule has 1 heterocycles. The van der Waals surface area contributed by atoms with Crippen molar-refractivity contribution in [2.24, 2.45) is 0 Å². The Balaban J connectivity index is 1.77. The molecule has 6 heteroatoms. The van der Waals surface area contributed by atoms with Gasteiger partial charge in [-0.3, -0.25) is 9.59 Å². The molecule has 0 atom stereocenters. The van der Waals surface area contributed by atoms with Crippen LogP contribution in [0.1, 0.15) is 27.3 Å². The fourth-order valence-corrected chi connectivity index (χ4v) is 2.72. The number of para-hydroxylation sites is 1. The van der Waals surface area contributed by atoms with Gasteiger partial charge in [0.05, 0.1) is 12.3 Å². The van der Waals surface area contributed by atoms with Crippen LogP contribution in [0.5, 0.6) is 0 Å². The van der Waals surface area contributed by atoms with Crippen molar-refractivity contribution in [2.45, 2.75) is 20.1 Å². The number of nitrogens with one attached hydrogen (secondary N) is 1. The molecule has 1 aromatic heterocycles. The van der Waals surface area contributed by atoms with E-state index in [9.17, 15) is 9.59 Å². The van der Waals surface area contributed by atoms with E-state index >= 15 is 0 Å². The second-order valence-electron chi connectivity index (χ2n) is 6.18. The molecule has 0 unspecified atom stereocenters. The van der Waals surface area contributed by atoms with Gasteiger partial charge >= 0.3 is 0 Å². The van der Waals surface area contributed by atoms with Gasteiger partial charge in [0.2, 0.25) is 5.43 Å². The number of benzene rings is 2. The van der Waals surface area contributed by atoms with Crippen LogP contribution in [0.3, 0.4) is 0 Å². The van der Waals surface area contributed by atoms with Gasteiger partial charge in [-0.05, 0) is 30.2 Å². The topological polar surface area (TPSA) is 73.2 Å². The van der Waals surface area contributed by atoms with Crippen LogP contribution in [0.25, 0.3) is 5.69 Å². The molecule has 0 fully saturated rings. The van der Waals surface area contributed by atoms with Crippen LogP contribution >= 0.6 is 0 Å². The maximum atomic E-state index is 12.5. The van der Waals surface area contributed by atoms with E-state index in [0.29, 0.717) is 18.8 Å². The maximum Gasteiger partial charge on any atom is 0.276 e. The number of rotatable bonds is 6. The average molecular weight is 363 g/mol. The minimum Gasteiger partial charge on any atom is -0.380 e. The van der Waals surface area contributed by atoms with E-state index in [2.05, 4.69) is 10.4 Å². The molecule has 3 rings (SSSR count). The number of aromatic nitrogens is 2. The second-order valence-corrected chi connectivity index (χ2v) is 6.18. The van der Waals surface area contributed by atoms with Gasteiger partial charge in [0.25, 0.3) is 5.91 Å². The first-order chi connectivity index (χ1) is 13.1. The minimum atomic E-state index is -0.495. The Morgan fingerprint density at radius 3 is 2.41 bits per heavy atom. The Morgan fingerprint density at radius 1 is 1.07 bits per heavy atom. The van der Waals surface area contributed by atoms with Crippen molar-refractivity contribution in [1.82, 2.24) is 15.1 Å². The van der Waals surface area contributed by atoms with Gasteiger partial charge in [-0.15, -0.1) is 0 Å². The Kier molecular flexibility index (Phi) is 5.78. The Morgan fingerprint density at radius 2 is 1.74 bits per heavy atom. The lowest BCUT2D eigenvalue weighted by Crippen LogP contribution is -2.31. The summed E-state index contributed by atoms with van der Waals surface area (Å²) in [6, 6.07) is 18.5. The molecule has 0 radical (unpaired) electrons. The lowest BCUT2D eigenvalue weighted by Gasteiger charge is -2.11. The number of hydrogen-bond acceptors (Lipinski definition) is 4. The summed E-state index contributed by atoms with van der Waals surface area (Å²) in [6.45, 7) is 2.63. The molecule has 0 saturated heterocycles. The molecule has 1 N–H and O–H groups in total. The highest BCUT2D eigenvalue weighted by Crippen LogP contribution is 2.08. The molecule has 0 spiro atoms. The summed E-state index contributed by atoms with van der Waals surface area (Å²) in [4.78, 5) is 24.7. The molecule has 138 valence electrons. The standard InChI is InChI=1S/C21H21N3O3/c1-15-12-19(25)20(23-24(15)18-6-4-3-5-7-18)21(26)22-13-16-8-10-17(11-9-16)14-27-2/h3-12H,13-14H2,1-2H3,(H,22,26). The van der Waals surface area contributed by atoms with Crippen LogP contribution in [-0.2, 0) is 17.9 Å². The first kappa shape index (κ1) is 18.5. The summed E-state index contributed by atoms with van der Waals surface area (Å²) in [5.74, 6) is -0.495. The lowest BCUT2D eigenvalue weighted by atomic mass is 10.1. The van der Waals surface area contributed by atoms with E-state index in [1.54, 1.807) is 18.7 Å². The number of aryl methyl sites for hydroxylation is 1. The molecule has 0 saturated carbocycles. The minimum absolute atomic E-state index is 0.125. The van der Waals surface area contributed by atoms with Crippen LogP contribution in [0.15, 0.2) is 65.5 Å². The second kappa shape index (κ2) is 8.42. The predicted molar refractivity (Wildman–Crippen MR) is 103 cm³/mol. The summed E-state index contributed by atoms with van der Waals surface area (Å²) >= 11 is 0. The van der Waals surface area contributed by atoms with Crippen LogP contribution < -0.4 is 10.7 Å². The number of ether oxygens (including phenoxy) is 1. The van der Waals surface area contributed by atoms with Crippen LogP contribution in [-0.4, -0.2) is 22.8 Å². The largest absolute Gasteiger partial charge is 0.380 e. The molecule has 3 aromatic rings. The number of methoxy groups -OCH3 is 1. The summed E-state index contributed by atoms with van der Waals surface area (Å²) in [7, 11) is 1.64. The lowest BCUT2D eigenvalue weighted by molar-refractivity contribution is 0.0943. The van der Waals surface area contributed by atoms with Crippen LogP contribution in [0, 0.1) is 6.92 Å². The van der Waals surface area contributed by atoms with Crippen molar-refractivity contribution in [3.05, 3.63) is 93.4 Å². The summed E-state index contributed by atoms with van der Waals surface area (Å²) in [6.07, 6.45) is 0. The zero-order chi connectivity index (χ0) is 19.2. The molecule has 1 amide bonds. The van der Waals surface area contributed by atoms with Gasteiger partial charge in [0.15, 0.2) is 5.69 Å². The Labute approximate surface area is 157 Å². The van der Waals surface area contributed by atoms with Gasteiger partial charge in [0, 0.05) is 25.4 Å². The van der Waals surface area contributed by atoms with Crippen molar-refractivity contribution in [3.8, 4) is 5.69 Å². The molecular formula is C21H21N3O3. The average Bonchev–Trinajstić information content (AvgIpc) is 2.68. The van der Waals surface area contributed by atoms with Crippen LogP contribution in [0.4, 0.5) is 0 Å². The number of carbonyl (C=O) groups excluding carboxylic acids is 1. The van der Waals surface area contributed by atoms with E-state index < -0.39 is 11.3 Å². The number of carbonyl (C=O) groups is 1. The van der Waals surface area contributed by atoms with Gasteiger partial charge < -0.3 is 10.1 Å². The maximum absolute atomic E-state index is 12.5. The zero-order valence-electron chi connectivity index (χ0n) is 15.3. The normalized spacial score (nSPS) is 10.6. The third-order valence-electron chi connectivity index (χ3n) is 4.11. The van der Waals surface area contributed by atoms with Gasteiger partial charge in [0.1, 0.15) is 0 Å². The third-order valence-corrected chi connectivity index (χ3v) is 4.11. The van der Waals surface area contributed by atoms with Crippen molar-refractivity contribution in [3.63, 3.8) is 0 Å². The Bertz CT molecular complexity index is 980. The molecule has 0 aliphatic rings. The van der Waals surface area contributed by atoms with E-state index in [1.807, 2.05) is 54.6 Å². The molecule has 0 bridgehead atoms. The number of nitrogens with zero attached hydrogens (tertiary/aromatic N) is 2. The zero-order valence-corrected chi connectivity index (χ0v) is 15.3. The van der Waals surface area contributed by atoms with E-state index in [0.717, 1.165) is 16.8 Å². The van der Waals surface area contributed by atoms with Crippen molar-refractivity contribution in [1.29, 1.82) is 0 Å². The number of amides is 1. The first-order valence-electron chi connectivity index (χ1n) is 8.60. The number of hydrogen-bond donors (Lipinski definition) is 1. The van der Waals surface area contributed by atoms with Crippen LogP contribution in [0.2, 0.25) is 0 Å². The molecule has 0 aliphatic carbocycles. The smallest absolute Gasteiger partial charge is 0.276 e. The highest BCUT2D eigenvalue weighted by Gasteiger charge is 2.15. The van der Waals surface area contributed by atoms with E-state index in [-0.39, 0.29) is 5.69 Å². The fraction of sp³-hybridized carbons (Fsp3) is 0.190. The third kappa shape index (κ3) is 4.48. The molecule has 2 aromatic carbocycles. The van der Waals surface area contributed by atoms with Crippen molar-refractivity contribution >= 4 is 5.91 Å². The summed E-state index contributed by atoms with van der Waals surface area (Å²) < 4.78 is 6.67. The summed E-state index contributed by atoms with van der Waals surface area (Å²) in [5.41, 5.74) is 2.92. The fourth-order valence-electron chi connectivity index (χ4n) is 2.72. The first-order valence-corrected chi connectivity index (χ1v) is 8.60. The molecular weight excluding hydrogens is 342 g/mol. The molecule has 6 nitrogen and oxygen atoms in total. The highest BCUT2D eigenvalue weighted by atomic mass is 16.5. The predicted octanol–water partition coefficient (Wildman–Crippen LogP) is 2.62. The monoisotopic (exact) mass is 363 g/mol. The molecule has 27 heavy (non-hydrogen) atoms.